The van der Waals surface area contributed by atoms with Gasteiger partial charge in [0.05, 0.1) is 5.69 Å². The number of benzene rings is 2. The molecule has 0 spiro atoms. The monoisotopic (exact) mass is 343 g/mol. The first-order valence-electron chi connectivity index (χ1n) is 7.70. The van der Waals surface area contributed by atoms with Gasteiger partial charge in [0, 0.05) is 12.1 Å². The van der Waals surface area contributed by atoms with Crippen LogP contribution in [-0.4, -0.2) is 18.5 Å². The fourth-order valence-electron chi connectivity index (χ4n) is 2.30. The summed E-state index contributed by atoms with van der Waals surface area (Å²) in [6, 6.07) is 16.2. The van der Waals surface area contributed by atoms with Crippen LogP contribution in [0.15, 0.2) is 54.6 Å². The smallest absolute Gasteiger partial charge is 0.331 e. The predicted octanol–water partition coefficient (Wildman–Crippen LogP) is 3.34. The number of thiol groups is 1. The lowest BCUT2D eigenvalue weighted by atomic mass is 9.98. The fraction of sp³-hybridized carbons (Fsp3) is 0.222. The molecule has 0 aliphatic carbocycles. The van der Waals surface area contributed by atoms with Gasteiger partial charge in [-0.1, -0.05) is 50.1 Å². The zero-order valence-corrected chi connectivity index (χ0v) is 14.4. The summed E-state index contributed by atoms with van der Waals surface area (Å²) in [5.74, 6) is -0.152. The molecule has 0 saturated heterocycles. The van der Waals surface area contributed by atoms with E-state index in [1.807, 2.05) is 18.2 Å². The Morgan fingerprint density at radius 3 is 2.33 bits per heavy atom. The Balaban J connectivity index is 1.84. The molecule has 1 atom stereocenters. The van der Waals surface area contributed by atoms with Gasteiger partial charge in [0.2, 0.25) is 5.91 Å². The number of hydrogen-bond donors (Lipinski definition) is 3. The van der Waals surface area contributed by atoms with Crippen molar-refractivity contribution in [3.05, 3.63) is 65.7 Å². The van der Waals surface area contributed by atoms with Crippen molar-refractivity contribution in [3.8, 4) is 0 Å². The number of anilines is 1. The van der Waals surface area contributed by atoms with Gasteiger partial charge >= 0.3 is 6.03 Å². The highest BCUT2D eigenvalue weighted by Gasteiger charge is 2.13. The second-order valence-electron chi connectivity index (χ2n) is 5.56. The number of rotatable bonds is 6. The number of primary amides is 1. The van der Waals surface area contributed by atoms with Gasteiger partial charge in [0.25, 0.3) is 0 Å². The van der Waals surface area contributed by atoms with E-state index in [1.54, 1.807) is 24.3 Å². The van der Waals surface area contributed by atoms with Crippen molar-refractivity contribution in [2.45, 2.75) is 19.3 Å². The molecule has 2 aromatic carbocycles. The summed E-state index contributed by atoms with van der Waals surface area (Å²) in [4.78, 5) is 23.2. The molecule has 0 radical (unpaired) electrons. The van der Waals surface area contributed by atoms with E-state index in [0.717, 1.165) is 6.42 Å². The van der Waals surface area contributed by atoms with Crippen molar-refractivity contribution in [2.75, 3.05) is 10.8 Å². The molecule has 5 nitrogen and oxygen atoms in total. The highest BCUT2D eigenvalue weighted by molar-refractivity contribution is 7.82. The summed E-state index contributed by atoms with van der Waals surface area (Å²) >= 11 is 4.20. The van der Waals surface area contributed by atoms with Crippen LogP contribution in [0.25, 0.3) is 0 Å². The lowest BCUT2D eigenvalue weighted by molar-refractivity contribution is 0.100. The standard InChI is InChI=1S/C18H21N3O2S/c1-13(14-5-3-2-4-6-14)11-12-20-18(23)21(24)16-9-7-15(8-10-16)17(19)22/h2-10,13,24H,11-12H2,1H3,(H2,19,22)(H,20,23). The minimum absolute atomic E-state index is 0.314. The molecule has 6 heteroatoms. The number of nitrogens with one attached hydrogen (secondary N) is 1. The van der Waals surface area contributed by atoms with Gasteiger partial charge in [-0.25, -0.2) is 9.10 Å². The highest BCUT2D eigenvalue weighted by atomic mass is 32.1. The van der Waals surface area contributed by atoms with Crippen molar-refractivity contribution in [3.63, 3.8) is 0 Å². The van der Waals surface area contributed by atoms with Crippen molar-refractivity contribution in [2.24, 2.45) is 5.73 Å². The number of carbonyl (C=O) groups is 2. The van der Waals surface area contributed by atoms with Crippen molar-refractivity contribution in [1.82, 2.24) is 5.32 Å². The molecular weight excluding hydrogens is 322 g/mol. The quantitative estimate of drug-likeness (QED) is 0.704. The Labute approximate surface area is 147 Å². The number of urea groups is 1. The van der Waals surface area contributed by atoms with Gasteiger partial charge in [-0.3, -0.25) is 4.79 Å². The van der Waals surface area contributed by atoms with E-state index >= 15 is 0 Å². The lowest BCUT2D eigenvalue weighted by Gasteiger charge is -2.18. The van der Waals surface area contributed by atoms with Crippen LogP contribution in [0.1, 0.15) is 35.2 Å². The van der Waals surface area contributed by atoms with Crippen molar-refractivity contribution < 1.29 is 9.59 Å². The van der Waals surface area contributed by atoms with Crippen molar-refractivity contribution in [1.29, 1.82) is 0 Å². The molecule has 0 aliphatic rings. The molecule has 0 bridgehead atoms. The maximum absolute atomic E-state index is 12.1. The number of nitrogens with zero attached hydrogens (tertiary/aromatic N) is 1. The van der Waals surface area contributed by atoms with E-state index in [4.69, 9.17) is 5.73 Å². The molecule has 0 aliphatic heterocycles. The highest BCUT2D eigenvalue weighted by Crippen LogP contribution is 2.19. The molecule has 126 valence electrons. The van der Waals surface area contributed by atoms with Gasteiger partial charge in [0.1, 0.15) is 0 Å². The number of nitrogens with two attached hydrogens (primary N) is 1. The van der Waals surface area contributed by atoms with E-state index in [1.165, 1.54) is 9.87 Å². The molecule has 3 N–H and O–H groups in total. The van der Waals surface area contributed by atoms with E-state index in [2.05, 4.69) is 37.2 Å². The maximum Gasteiger partial charge on any atom is 0.331 e. The topological polar surface area (TPSA) is 75.4 Å². The van der Waals surface area contributed by atoms with Gasteiger partial charge in [-0.15, -0.1) is 0 Å². The summed E-state index contributed by atoms with van der Waals surface area (Å²) in [6.07, 6.45) is 0.831. The molecule has 0 aromatic heterocycles. The van der Waals surface area contributed by atoms with E-state index in [0.29, 0.717) is 23.7 Å². The molecular formula is C18H21N3O2S. The molecule has 24 heavy (non-hydrogen) atoms. The third-order valence-corrected chi connectivity index (χ3v) is 4.22. The number of hydrogen-bond acceptors (Lipinski definition) is 3. The maximum atomic E-state index is 12.1. The van der Waals surface area contributed by atoms with E-state index < -0.39 is 5.91 Å². The largest absolute Gasteiger partial charge is 0.366 e. The minimum Gasteiger partial charge on any atom is -0.366 e. The summed E-state index contributed by atoms with van der Waals surface area (Å²) in [5.41, 5.74) is 7.39. The van der Waals surface area contributed by atoms with Crippen LogP contribution in [0.3, 0.4) is 0 Å². The lowest BCUT2D eigenvalue weighted by Crippen LogP contribution is -2.35. The predicted molar refractivity (Wildman–Crippen MR) is 99.3 cm³/mol. The zero-order chi connectivity index (χ0) is 17.5. The SMILES string of the molecule is CC(CCNC(=O)N(S)c1ccc(C(N)=O)cc1)c1ccccc1. The molecule has 0 fully saturated rings. The first kappa shape index (κ1) is 17.9. The van der Waals surface area contributed by atoms with Crippen LogP contribution in [0, 0.1) is 0 Å². The molecule has 0 saturated carbocycles. The molecule has 3 amide bonds. The van der Waals surface area contributed by atoms with Crippen LogP contribution in [0.4, 0.5) is 10.5 Å². The third kappa shape index (κ3) is 4.76. The Morgan fingerprint density at radius 2 is 1.75 bits per heavy atom. The normalized spacial score (nSPS) is 11.6. The van der Waals surface area contributed by atoms with Crippen LogP contribution in [-0.2, 0) is 0 Å². The van der Waals surface area contributed by atoms with Gasteiger partial charge in [-0.05, 0) is 42.2 Å². The summed E-state index contributed by atoms with van der Waals surface area (Å²) in [5, 5.41) is 2.84. The van der Waals surface area contributed by atoms with E-state index in [9.17, 15) is 9.59 Å². The average Bonchev–Trinajstić information content (AvgIpc) is 2.61. The first-order chi connectivity index (χ1) is 11.5. The zero-order valence-electron chi connectivity index (χ0n) is 13.5. The van der Waals surface area contributed by atoms with Gasteiger partial charge in [-0.2, -0.15) is 0 Å². The Bertz CT molecular complexity index is 689. The number of amides is 3. The molecule has 0 heterocycles. The molecule has 2 aromatic rings. The second-order valence-corrected chi connectivity index (χ2v) is 5.96. The minimum atomic E-state index is -0.508. The second kappa shape index (κ2) is 8.40. The number of carbonyl (C=O) groups excluding carboxylic acids is 2. The summed E-state index contributed by atoms with van der Waals surface area (Å²) < 4.78 is 1.21. The van der Waals surface area contributed by atoms with Crippen LogP contribution < -0.4 is 15.4 Å². The van der Waals surface area contributed by atoms with Gasteiger partial charge in [0.15, 0.2) is 0 Å². The molecule has 2 rings (SSSR count). The average molecular weight is 343 g/mol. The Morgan fingerprint density at radius 1 is 1.12 bits per heavy atom. The van der Waals surface area contributed by atoms with E-state index in [-0.39, 0.29) is 6.03 Å². The van der Waals surface area contributed by atoms with Crippen molar-refractivity contribution >= 4 is 30.4 Å². The first-order valence-corrected chi connectivity index (χ1v) is 8.10. The summed E-state index contributed by atoms with van der Waals surface area (Å²) in [6.45, 7) is 2.67. The Hall–Kier alpha value is -2.47. The van der Waals surface area contributed by atoms with Gasteiger partial charge < -0.3 is 11.1 Å². The van der Waals surface area contributed by atoms with Crippen LogP contribution >= 0.6 is 12.8 Å². The Kier molecular flexibility index (Phi) is 6.26. The third-order valence-electron chi connectivity index (χ3n) is 3.81. The van der Waals surface area contributed by atoms with Crippen LogP contribution in [0.2, 0.25) is 0 Å². The fourth-order valence-corrected chi connectivity index (χ4v) is 2.51. The molecule has 1 unspecified atom stereocenters. The van der Waals surface area contributed by atoms with Crippen LogP contribution in [0.5, 0.6) is 0 Å². The summed E-state index contributed by atoms with van der Waals surface area (Å²) in [7, 11) is 0.